The fourth-order valence-corrected chi connectivity index (χ4v) is 4.63. The van der Waals surface area contributed by atoms with E-state index in [1.165, 1.54) is 63.2 Å². The molecule has 1 aromatic rings. The molecule has 2 aliphatic rings. The Hall–Kier alpha value is -1.10. The molecule has 1 aromatic carbocycles. The van der Waals surface area contributed by atoms with Crippen molar-refractivity contribution in [2.75, 3.05) is 57.8 Å². The highest BCUT2D eigenvalue weighted by atomic mass is 15.3. The lowest BCUT2D eigenvalue weighted by Crippen LogP contribution is -2.48. The smallest absolute Gasteiger partial charge is 0.0367 e. The number of hydrogen-bond donors (Lipinski definition) is 0. The highest BCUT2D eigenvalue weighted by Crippen LogP contribution is 2.21. The van der Waals surface area contributed by atoms with Crippen LogP contribution in [-0.2, 0) is 6.54 Å². The molecule has 0 aromatic heterocycles. The van der Waals surface area contributed by atoms with Crippen LogP contribution < -0.4 is 4.90 Å². The monoisotopic (exact) mass is 372 g/mol. The molecule has 4 heteroatoms. The van der Waals surface area contributed by atoms with Gasteiger partial charge in [0.25, 0.3) is 0 Å². The average molecular weight is 373 g/mol. The van der Waals surface area contributed by atoms with E-state index in [0.717, 1.165) is 25.7 Å². The van der Waals surface area contributed by atoms with E-state index in [-0.39, 0.29) is 0 Å². The van der Waals surface area contributed by atoms with Crippen molar-refractivity contribution in [2.45, 2.75) is 58.7 Å². The maximum absolute atomic E-state index is 2.62. The average Bonchev–Trinajstić information content (AvgIpc) is 2.69. The van der Waals surface area contributed by atoms with Crippen LogP contribution in [0.5, 0.6) is 0 Å². The van der Waals surface area contributed by atoms with Crippen molar-refractivity contribution >= 4 is 5.69 Å². The lowest BCUT2D eigenvalue weighted by molar-refractivity contribution is 0.123. The Morgan fingerprint density at radius 1 is 0.963 bits per heavy atom. The van der Waals surface area contributed by atoms with E-state index in [2.05, 4.69) is 71.7 Å². The Kier molecular flexibility index (Phi) is 7.57. The van der Waals surface area contributed by atoms with Gasteiger partial charge in [-0.05, 0) is 77.5 Å². The second-order valence-electron chi connectivity index (χ2n) is 8.77. The molecule has 0 bridgehead atoms. The predicted molar refractivity (Wildman–Crippen MR) is 117 cm³/mol. The number of nitrogens with zero attached hydrogens (tertiary/aromatic N) is 4. The molecule has 0 spiro atoms. The Balaban J connectivity index is 1.46. The molecule has 0 amide bonds. The van der Waals surface area contributed by atoms with E-state index in [1.54, 1.807) is 0 Å². The molecule has 0 saturated carbocycles. The Labute approximate surface area is 167 Å². The summed E-state index contributed by atoms with van der Waals surface area (Å²) in [6.07, 6.45) is 3.91. The molecule has 0 unspecified atom stereocenters. The standard InChI is InChI=1S/C23H40N4/c1-5-12-25-13-10-22(11-14-25)24(4)19-21-6-8-23(9-7-21)27-17-15-26(16-18-27)20(2)3/h6-9,20,22H,5,10-19H2,1-4H3. The van der Waals surface area contributed by atoms with Gasteiger partial charge in [0.1, 0.15) is 0 Å². The summed E-state index contributed by atoms with van der Waals surface area (Å²) in [5.41, 5.74) is 2.83. The summed E-state index contributed by atoms with van der Waals surface area (Å²) in [4.78, 5) is 10.3. The first-order chi connectivity index (χ1) is 13.1. The van der Waals surface area contributed by atoms with Crippen molar-refractivity contribution in [3.8, 4) is 0 Å². The van der Waals surface area contributed by atoms with E-state index in [9.17, 15) is 0 Å². The third kappa shape index (κ3) is 5.69. The van der Waals surface area contributed by atoms with Gasteiger partial charge in [0.2, 0.25) is 0 Å². The first-order valence-corrected chi connectivity index (χ1v) is 11.1. The van der Waals surface area contributed by atoms with Crippen molar-refractivity contribution in [3.63, 3.8) is 0 Å². The number of piperazine rings is 1. The summed E-state index contributed by atoms with van der Waals surface area (Å²) in [5, 5.41) is 0. The van der Waals surface area contributed by atoms with Gasteiger partial charge in [0.05, 0.1) is 0 Å². The maximum Gasteiger partial charge on any atom is 0.0367 e. The molecule has 4 nitrogen and oxygen atoms in total. The highest BCUT2D eigenvalue weighted by molar-refractivity contribution is 5.48. The number of likely N-dealkylation sites (tertiary alicyclic amines) is 1. The molecule has 0 radical (unpaired) electrons. The minimum atomic E-state index is 0.666. The van der Waals surface area contributed by atoms with Crippen molar-refractivity contribution in [1.82, 2.24) is 14.7 Å². The van der Waals surface area contributed by atoms with Crippen LogP contribution in [0.3, 0.4) is 0 Å². The van der Waals surface area contributed by atoms with Gasteiger partial charge in [-0.15, -0.1) is 0 Å². The number of rotatable bonds is 7. The summed E-state index contributed by atoms with van der Waals surface area (Å²) in [6, 6.07) is 10.7. The minimum absolute atomic E-state index is 0.666. The van der Waals surface area contributed by atoms with Gasteiger partial charge < -0.3 is 9.80 Å². The van der Waals surface area contributed by atoms with Crippen molar-refractivity contribution in [1.29, 1.82) is 0 Å². The summed E-state index contributed by atoms with van der Waals surface area (Å²) >= 11 is 0. The summed E-state index contributed by atoms with van der Waals surface area (Å²) in [7, 11) is 2.30. The van der Waals surface area contributed by atoms with Crippen molar-refractivity contribution in [2.24, 2.45) is 0 Å². The largest absolute Gasteiger partial charge is 0.369 e. The van der Waals surface area contributed by atoms with Gasteiger partial charge >= 0.3 is 0 Å². The summed E-state index contributed by atoms with van der Waals surface area (Å²) < 4.78 is 0. The van der Waals surface area contributed by atoms with Crippen molar-refractivity contribution < 1.29 is 0 Å². The summed E-state index contributed by atoms with van der Waals surface area (Å²) in [6.45, 7) is 16.4. The first-order valence-electron chi connectivity index (χ1n) is 11.1. The second kappa shape index (κ2) is 9.90. The molecule has 2 saturated heterocycles. The Morgan fingerprint density at radius 3 is 2.15 bits per heavy atom. The zero-order chi connectivity index (χ0) is 19.2. The highest BCUT2D eigenvalue weighted by Gasteiger charge is 2.22. The lowest BCUT2D eigenvalue weighted by atomic mass is 10.0. The first kappa shape index (κ1) is 20.6. The number of benzene rings is 1. The summed E-state index contributed by atoms with van der Waals surface area (Å²) in [5.74, 6) is 0. The molecule has 152 valence electrons. The molecular weight excluding hydrogens is 332 g/mol. The lowest BCUT2D eigenvalue weighted by Gasteiger charge is -2.38. The Bertz CT molecular complexity index is 540. The maximum atomic E-state index is 2.62. The fraction of sp³-hybridized carbons (Fsp3) is 0.739. The molecule has 27 heavy (non-hydrogen) atoms. The molecule has 0 aliphatic carbocycles. The van der Waals surface area contributed by atoms with E-state index in [0.29, 0.717) is 6.04 Å². The third-order valence-corrected chi connectivity index (χ3v) is 6.50. The number of piperidine rings is 1. The van der Waals surface area contributed by atoms with E-state index < -0.39 is 0 Å². The van der Waals surface area contributed by atoms with Crippen LogP contribution in [0, 0.1) is 0 Å². The van der Waals surface area contributed by atoms with Gasteiger partial charge in [-0.1, -0.05) is 19.1 Å². The van der Waals surface area contributed by atoms with E-state index in [4.69, 9.17) is 0 Å². The Morgan fingerprint density at radius 2 is 1.59 bits per heavy atom. The molecule has 2 heterocycles. The van der Waals surface area contributed by atoms with Crippen LogP contribution in [0.2, 0.25) is 0 Å². The molecular formula is C23H40N4. The van der Waals surface area contributed by atoms with Crippen LogP contribution in [-0.4, -0.2) is 79.6 Å². The SMILES string of the molecule is CCCN1CCC(N(C)Cc2ccc(N3CCN(C(C)C)CC3)cc2)CC1. The van der Waals surface area contributed by atoms with Crippen LogP contribution in [0.25, 0.3) is 0 Å². The van der Waals surface area contributed by atoms with Crippen LogP contribution in [0.4, 0.5) is 5.69 Å². The van der Waals surface area contributed by atoms with E-state index >= 15 is 0 Å². The van der Waals surface area contributed by atoms with Gasteiger partial charge in [0.15, 0.2) is 0 Å². The zero-order valence-corrected chi connectivity index (χ0v) is 18.0. The van der Waals surface area contributed by atoms with Gasteiger partial charge in [-0.3, -0.25) is 9.80 Å². The van der Waals surface area contributed by atoms with Crippen LogP contribution in [0.1, 0.15) is 45.6 Å². The van der Waals surface area contributed by atoms with Gasteiger partial charge in [0, 0.05) is 50.5 Å². The molecule has 0 atom stereocenters. The minimum Gasteiger partial charge on any atom is -0.369 e. The normalized spacial score (nSPS) is 20.7. The van der Waals surface area contributed by atoms with Gasteiger partial charge in [-0.25, -0.2) is 0 Å². The topological polar surface area (TPSA) is 13.0 Å². The molecule has 2 fully saturated rings. The molecule has 2 aliphatic heterocycles. The third-order valence-electron chi connectivity index (χ3n) is 6.50. The van der Waals surface area contributed by atoms with E-state index in [1.807, 2.05) is 0 Å². The van der Waals surface area contributed by atoms with Crippen LogP contribution in [0.15, 0.2) is 24.3 Å². The predicted octanol–water partition coefficient (Wildman–Crippen LogP) is 3.52. The fourth-order valence-electron chi connectivity index (χ4n) is 4.63. The number of anilines is 1. The zero-order valence-electron chi connectivity index (χ0n) is 18.0. The second-order valence-corrected chi connectivity index (χ2v) is 8.77. The van der Waals surface area contributed by atoms with Crippen LogP contribution >= 0.6 is 0 Å². The quantitative estimate of drug-likeness (QED) is 0.726. The number of hydrogen-bond acceptors (Lipinski definition) is 4. The molecule has 0 N–H and O–H groups in total. The van der Waals surface area contributed by atoms with Crippen molar-refractivity contribution in [3.05, 3.63) is 29.8 Å². The van der Waals surface area contributed by atoms with Gasteiger partial charge in [-0.2, -0.15) is 0 Å². The molecule has 3 rings (SSSR count).